The summed E-state index contributed by atoms with van der Waals surface area (Å²) in [6.45, 7) is 2.72. The second-order valence-electron chi connectivity index (χ2n) is 7.59. The number of nitrogens with zero attached hydrogens (tertiary/aromatic N) is 3. The molecule has 1 aromatic heterocycles. The summed E-state index contributed by atoms with van der Waals surface area (Å²) >= 11 is 7.09. The van der Waals surface area contributed by atoms with Crippen molar-refractivity contribution in [3.63, 3.8) is 0 Å². The topological polar surface area (TPSA) is 87.2 Å². The van der Waals surface area contributed by atoms with E-state index in [4.69, 9.17) is 11.6 Å². The van der Waals surface area contributed by atoms with Crippen LogP contribution in [0.3, 0.4) is 0 Å². The Bertz CT molecular complexity index is 1140. The van der Waals surface area contributed by atoms with Crippen molar-refractivity contribution in [2.75, 3.05) is 23.7 Å². The van der Waals surface area contributed by atoms with Crippen molar-refractivity contribution in [3.05, 3.63) is 68.9 Å². The Hall–Kier alpha value is -3.04. The highest BCUT2D eigenvalue weighted by Crippen LogP contribution is 2.30. The molecule has 10 heteroatoms. The molecule has 1 unspecified atom stereocenters. The van der Waals surface area contributed by atoms with Crippen molar-refractivity contribution in [1.82, 2.24) is 15.1 Å². The molecule has 1 fully saturated rings. The first-order valence-electron chi connectivity index (χ1n) is 10.1. The molecule has 0 aliphatic carbocycles. The minimum absolute atomic E-state index is 0.0150. The highest BCUT2D eigenvalue weighted by molar-refractivity contribution is 7.13. The molecule has 1 atom stereocenters. The molecular formula is C22H21ClFN5O2S. The standard InChI is InChI=1S/C22H21ClFN5O2S/c1-13-4-7-17(11-18(13)24)26-22(31)29-10-2-3-14(12-29)20-27-28-21(32-20)19(30)25-16-8-5-15(23)6-9-16/h4-9,11,14H,2-3,10,12H2,1H3,(H,25,30)(H,26,31). The highest BCUT2D eigenvalue weighted by Gasteiger charge is 2.28. The Balaban J connectivity index is 1.38. The van der Waals surface area contributed by atoms with E-state index >= 15 is 0 Å². The smallest absolute Gasteiger partial charge is 0.321 e. The van der Waals surface area contributed by atoms with Gasteiger partial charge < -0.3 is 15.5 Å². The number of rotatable bonds is 4. The van der Waals surface area contributed by atoms with Gasteiger partial charge in [0.05, 0.1) is 0 Å². The Morgan fingerprint density at radius 3 is 2.62 bits per heavy atom. The third-order valence-electron chi connectivity index (χ3n) is 5.22. The number of nitrogens with one attached hydrogen (secondary N) is 2. The first-order valence-corrected chi connectivity index (χ1v) is 11.3. The molecule has 2 heterocycles. The zero-order valence-corrected chi connectivity index (χ0v) is 18.8. The number of urea groups is 1. The fourth-order valence-corrected chi connectivity index (χ4v) is 4.44. The number of piperidine rings is 1. The van der Waals surface area contributed by atoms with E-state index in [1.54, 1.807) is 48.2 Å². The third kappa shape index (κ3) is 5.23. The van der Waals surface area contributed by atoms with E-state index in [0.29, 0.717) is 40.1 Å². The van der Waals surface area contributed by atoms with Gasteiger partial charge in [-0.15, -0.1) is 10.2 Å². The van der Waals surface area contributed by atoms with Gasteiger partial charge in [0.1, 0.15) is 10.8 Å². The van der Waals surface area contributed by atoms with Crippen molar-refractivity contribution in [3.8, 4) is 0 Å². The Morgan fingerprint density at radius 1 is 1.12 bits per heavy atom. The van der Waals surface area contributed by atoms with E-state index in [1.165, 1.54) is 17.4 Å². The Morgan fingerprint density at radius 2 is 1.88 bits per heavy atom. The van der Waals surface area contributed by atoms with Gasteiger partial charge in [-0.05, 0) is 61.7 Å². The van der Waals surface area contributed by atoms with Gasteiger partial charge >= 0.3 is 6.03 Å². The molecule has 166 valence electrons. The lowest BCUT2D eigenvalue weighted by Crippen LogP contribution is -2.41. The summed E-state index contributed by atoms with van der Waals surface area (Å²) in [5.74, 6) is -0.723. The lowest BCUT2D eigenvalue weighted by molar-refractivity contribution is 0.102. The molecule has 32 heavy (non-hydrogen) atoms. The molecule has 7 nitrogen and oxygen atoms in total. The van der Waals surface area contributed by atoms with Crippen LogP contribution in [0.25, 0.3) is 0 Å². The van der Waals surface area contributed by atoms with Gasteiger partial charge in [-0.25, -0.2) is 9.18 Å². The zero-order valence-electron chi connectivity index (χ0n) is 17.3. The summed E-state index contributed by atoms with van der Waals surface area (Å²) in [6.07, 6.45) is 1.64. The van der Waals surface area contributed by atoms with E-state index < -0.39 is 0 Å². The number of hydrogen-bond donors (Lipinski definition) is 2. The fourth-order valence-electron chi connectivity index (χ4n) is 3.45. The van der Waals surface area contributed by atoms with Crippen LogP contribution >= 0.6 is 22.9 Å². The van der Waals surface area contributed by atoms with Crippen LogP contribution < -0.4 is 10.6 Å². The lowest BCUT2D eigenvalue weighted by Gasteiger charge is -2.31. The normalized spacial score (nSPS) is 16.0. The van der Waals surface area contributed by atoms with E-state index in [1.807, 2.05) is 0 Å². The number of carbonyl (C=O) groups excluding carboxylic acids is 2. The Labute approximate surface area is 193 Å². The predicted octanol–water partition coefficient (Wildman–Crippen LogP) is 5.30. The van der Waals surface area contributed by atoms with Crippen molar-refractivity contribution in [1.29, 1.82) is 0 Å². The number of anilines is 2. The van der Waals surface area contributed by atoms with Crippen LogP contribution in [0.15, 0.2) is 42.5 Å². The van der Waals surface area contributed by atoms with Crippen LogP contribution in [0.5, 0.6) is 0 Å². The van der Waals surface area contributed by atoms with Gasteiger partial charge in [0.15, 0.2) is 0 Å². The number of aromatic nitrogens is 2. The summed E-state index contributed by atoms with van der Waals surface area (Å²) in [5, 5.41) is 15.3. The molecule has 1 aliphatic rings. The second-order valence-corrected chi connectivity index (χ2v) is 9.03. The predicted molar refractivity (Wildman–Crippen MR) is 123 cm³/mol. The maximum Gasteiger partial charge on any atom is 0.321 e. The SMILES string of the molecule is Cc1ccc(NC(=O)N2CCCC(c3nnc(C(=O)Nc4ccc(Cl)cc4)s3)C2)cc1F. The quantitative estimate of drug-likeness (QED) is 0.538. The minimum atomic E-state index is -0.363. The lowest BCUT2D eigenvalue weighted by atomic mass is 9.99. The average Bonchev–Trinajstić information content (AvgIpc) is 3.28. The molecule has 0 saturated carbocycles. The highest BCUT2D eigenvalue weighted by atomic mass is 35.5. The van der Waals surface area contributed by atoms with Crippen molar-refractivity contribution in [2.24, 2.45) is 0 Å². The van der Waals surface area contributed by atoms with E-state index in [0.717, 1.165) is 12.8 Å². The van der Waals surface area contributed by atoms with Crippen molar-refractivity contribution < 1.29 is 14.0 Å². The molecule has 0 bridgehead atoms. The summed E-state index contributed by atoms with van der Waals surface area (Å²) < 4.78 is 13.8. The first kappa shape index (κ1) is 22.2. The second kappa shape index (κ2) is 9.62. The largest absolute Gasteiger partial charge is 0.324 e. The number of halogens is 2. The number of aryl methyl sites for hydroxylation is 1. The van der Waals surface area contributed by atoms with Crippen LogP contribution in [-0.4, -0.2) is 40.1 Å². The molecule has 2 aromatic carbocycles. The van der Waals surface area contributed by atoms with Gasteiger partial charge in [-0.3, -0.25) is 4.79 Å². The van der Waals surface area contributed by atoms with Crippen LogP contribution in [-0.2, 0) is 0 Å². The van der Waals surface area contributed by atoms with E-state index in [-0.39, 0.29) is 28.7 Å². The van der Waals surface area contributed by atoms with E-state index in [9.17, 15) is 14.0 Å². The molecule has 0 spiro atoms. The molecule has 1 aliphatic heterocycles. The molecule has 2 N–H and O–H groups in total. The van der Waals surface area contributed by atoms with Crippen LogP contribution in [0.1, 0.15) is 39.1 Å². The van der Waals surface area contributed by atoms with Gasteiger partial charge in [0, 0.05) is 35.4 Å². The summed E-state index contributed by atoms with van der Waals surface area (Å²) in [6, 6.07) is 11.1. The monoisotopic (exact) mass is 473 g/mol. The van der Waals surface area contributed by atoms with Gasteiger partial charge in [-0.2, -0.15) is 0 Å². The third-order valence-corrected chi connectivity index (χ3v) is 6.55. The molecule has 0 radical (unpaired) electrons. The maximum atomic E-state index is 13.8. The van der Waals surface area contributed by atoms with Crippen LogP contribution in [0.2, 0.25) is 5.02 Å². The number of amides is 3. The molecule has 1 saturated heterocycles. The zero-order chi connectivity index (χ0) is 22.7. The van der Waals surface area contributed by atoms with E-state index in [2.05, 4.69) is 20.8 Å². The Kier molecular flexibility index (Phi) is 6.66. The van der Waals surface area contributed by atoms with Crippen molar-refractivity contribution in [2.45, 2.75) is 25.7 Å². The van der Waals surface area contributed by atoms with Crippen LogP contribution in [0, 0.1) is 12.7 Å². The molecule has 4 rings (SSSR count). The molecule has 3 amide bonds. The summed E-state index contributed by atoms with van der Waals surface area (Å²) in [5.41, 5.74) is 1.55. The first-order chi connectivity index (χ1) is 15.4. The number of benzene rings is 2. The summed E-state index contributed by atoms with van der Waals surface area (Å²) in [7, 11) is 0. The number of hydrogen-bond acceptors (Lipinski definition) is 5. The summed E-state index contributed by atoms with van der Waals surface area (Å²) in [4.78, 5) is 26.8. The average molecular weight is 474 g/mol. The molecular weight excluding hydrogens is 453 g/mol. The maximum absolute atomic E-state index is 13.8. The number of carbonyl (C=O) groups is 2. The minimum Gasteiger partial charge on any atom is -0.324 e. The van der Waals surface area contributed by atoms with Crippen molar-refractivity contribution >= 4 is 46.3 Å². The van der Waals surface area contributed by atoms with Gasteiger partial charge in [0.2, 0.25) is 5.01 Å². The van der Waals surface area contributed by atoms with Crippen LogP contribution in [0.4, 0.5) is 20.6 Å². The molecule has 3 aromatic rings. The van der Waals surface area contributed by atoms with Gasteiger partial charge in [-0.1, -0.05) is 29.0 Å². The number of likely N-dealkylation sites (tertiary alicyclic amines) is 1. The van der Waals surface area contributed by atoms with Gasteiger partial charge in [0.25, 0.3) is 5.91 Å². The fraction of sp³-hybridized carbons (Fsp3) is 0.273.